The molecular formula is C16H20N4OS. The van der Waals surface area contributed by atoms with Crippen LogP contribution in [0.25, 0.3) is 0 Å². The Bertz CT molecular complexity index is 696. The van der Waals surface area contributed by atoms with E-state index in [2.05, 4.69) is 15.3 Å². The van der Waals surface area contributed by atoms with Gasteiger partial charge in [-0.2, -0.15) is 14.9 Å². The summed E-state index contributed by atoms with van der Waals surface area (Å²) in [7, 11) is 1.66. The summed E-state index contributed by atoms with van der Waals surface area (Å²) in [5, 5.41) is 11.8. The van der Waals surface area contributed by atoms with E-state index in [1.807, 2.05) is 24.3 Å². The number of H-pyrrole nitrogens is 1. The van der Waals surface area contributed by atoms with E-state index >= 15 is 0 Å². The molecule has 2 aromatic rings. The zero-order valence-corrected chi connectivity index (χ0v) is 13.5. The van der Waals surface area contributed by atoms with Crippen molar-refractivity contribution >= 4 is 18.4 Å². The maximum absolute atomic E-state index is 5.31. The Kier molecular flexibility index (Phi) is 4.68. The number of methoxy groups -OCH3 is 1. The van der Waals surface area contributed by atoms with Crippen LogP contribution >= 0.6 is 12.2 Å². The highest BCUT2D eigenvalue weighted by Gasteiger charge is 2.21. The number of hydrogen-bond acceptors (Lipinski definition) is 4. The first kappa shape index (κ1) is 15.0. The van der Waals surface area contributed by atoms with Gasteiger partial charge in [0.1, 0.15) is 5.75 Å². The van der Waals surface area contributed by atoms with Gasteiger partial charge in [0.2, 0.25) is 4.77 Å². The smallest absolute Gasteiger partial charge is 0.216 e. The van der Waals surface area contributed by atoms with Gasteiger partial charge >= 0.3 is 0 Å². The Balaban J connectivity index is 1.83. The van der Waals surface area contributed by atoms with Crippen LogP contribution in [0.4, 0.5) is 0 Å². The number of aromatic amines is 1. The van der Waals surface area contributed by atoms with Gasteiger partial charge in [-0.25, -0.2) is 0 Å². The lowest BCUT2D eigenvalue weighted by Crippen LogP contribution is -2.10. The largest absolute Gasteiger partial charge is 0.497 e. The molecule has 0 bridgehead atoms. The van der Waals surface area contributed by atoms with Crippen LogP contribution in [0.3, 0.4) is 0 Å². The Morgan fingerprint density at radius 3 is 2.68 bits per heavy atom. The van der Waals surface area contributed by atoms with Crippen LogP contribution in [0, 0.1) is 4.77 Å². The second kappa shape index (κ2) is 6.87. The Morgan fingerprint density at radius 1 is 1.27 bits per heavy atom. The summed E-state index contributed by atoms with van der Waals surface area (Å²) in [6.07, 6.45) is 7.96. The summed E-state index contributed by atoms with van der Waals surface area (Å²) in [5.74, 6) is 2.24. The third-order valence-electron chi connectivity index (χ3n) is 4.08. The van der Waals surface area contributed by atoms with Crippen molar-refractivity contribution < 1.29 is 4.74 Å². The van der Waals surface area contributed by atoms with Crippen LogP contribution in [0.1, 0.15) is 49.4 Å². The first-order valence-corrected chi connectivity index (χ1v) is 8.04. The second-order valence-electron chi connectivity index (χ2n) is 5.55. The predicted molar refractivity (Wildman–Crippen MR) is 89.2 cm³/mol. The van der Waals surface area contributed by atoms with Gasteiger partial charge in [0, 0.05) is 5.92 Å². The molecule has 1 aromatic carbocycles. The van der Waals surface area contributed by atoms with Crippen molar-refractivity contribution in [1.82, 2.24) is 14.9 Å². The van der Waals surface area contributed by atoms with E-state index in [9.17, 15) is 0 Å². The summed E-state index contributed by atoms with van der Waals surface area (Å²) >= 11 is 5.31. The summed E-state index contributed by atoms with van der Waals surface area (Å²) in [6, 6.07) is 7.76. The first-order valence-electron chi connectivity index (χ1n) is 7.63. The van der Waals surface area contributed by atoms with Crippen molar-refractivity contribution in [2.45, 2.75) is 38.0 Å². The summed E-state index contributed by atoms with van der Waals surface area (Å²) in [6.45, 7) is 0. The van der Waals surface area contributed by atoms with Crippen LogP contribution in [0.5, 0.6) is 5.75 Å². The molecule has 0 unspecified atom stereocenters. The number of aromatic nitrogens is 3. The highest BCUT2D eigenvalue weighted by Crippen LogP contribution is 2.31. The minimum absolute atomic E-state index is 0.453. The van der Waals surface area contributed by atoms with Crippen LogP contribution in [0.2, 0.25) is 0 Å². The van der Waals surface area contributed by atoms with Gasteiger partial charge in [0.15, 0.2) is 5.82 Å². The van der Waals surface area contributed by atoms with Gasteiger partial charge < -0.3 is 4.74 Å². The lowest BCUT2D eigenvalue weighted by atomic mass is 9.89. The molecule has 1 aliphatic rings. The number of nitrogens with one attached hydrogen (secondary N) is 1. The molecule has 0 saturated heterocycles. The summed E-state index contributed by atoms with van der Waals surface area (Å²) in [4.78, 5) is 0. The molecule has 116 valence electrons. The molecule has 3 rings (SSSR count). The van der Waals surface area contributed by atoms with Crippen LogP contribution in [-0.2, 0) is 0 Å². The van der Waals surface area contributed by atoms with Gasteiger partial charge in [-0.05, 0) is 54.9 Å². The van der Waals surface area contributed by atoms with Gasteiger partial charge in [-0.3, -0.25) is 5.10 Å². The SMILES string of the molecule is COc1ccc(C=Nn2c(C3CCCCC3)n[nH]c2=S)cc1. The maximum Gasteiger partial charge on any atom is 0.216 e. The summed E-state index contributed by atoms with van der Waals surface area (Å²) < 4.78 is 7.46. The van der Waals surface area contributed by atoms with E-state index in [1.54, 1.807) is 18.0 Å². The number of rotatable bonds is 4. The molecule has 6 heteroatoms. The second-order valence-corrected chi connectivity index (χ2v) is 5.94. The molecule has 0 atom stereocenters. The molecule has 0 radical (unpaired) electrons. The third kappa shape index (κ3) is 3.27. The summed E-state index contributed by atoms with van der Waals surface area (Å²) in [5.41, 5.74) is 0.999. The molecule has 1 saturated carbocycles. The minimum atomic E-state index is 0.453. The fourth-order valence-corrected chi connectivity index (χ4v) is 3.04. The van der Waals surface area contributed by atoms with Gasteiger partial charge in [-0.15, -0.1) is 0 Å². The standard InChI is InChI=1S/C16H20N4OS/c1-21-14-9-7-12(8-10-14)11-17-20-15(18-19-16(20)22)13-5-3-2-4-6-13/h7-11,13H,2-6H2,1H3,(H,19,22). The maximum atomic E-state index is 5.31. The average Bonchev–Trinajstić information content (AvgIpc) is 2.95. The Hall–Kier alpha value is -1.95. The lowest BCUT2D eigenvalue weighted by Gasteiger charge is -2.19. The number of ether oxygens (including phenoxy) is 1. The van der Waals surface area contributed by atoms with Crippen LogP contribution in [0.15, 0.2) is 29.4 Å². The molecule has 0 aliphatic heterocycles. The van der Waals surface area contributed by atoms with E-state index in [4.69, 9.17) is 17.0 Å². The number of hydrogen-bond donors (Lipinski definition) is 1. The quantitative estimate of drug-likeness (QED) is 0.688. The highest BCUT2D eigenvalue weighted by atomic mass is 32.1. The van der Waals surface area contributed by atoms with Crippen molar-refractivity contribution in [3.05, 3.63) is 40.4 Å². The third-order valence-corrected chi connectivity index (χ3v) is 4.35. The number of benzene rings is 1. The van der Waals surface area contributed by atoms with Crippen molar-refractivity contribution in [3.8, 4) is 5.75 Å². The van der Waals surface area contributed by atoms with E-state index in [-0.39, 0.29) is 0 Å². The Labute approximate surface area is 135 Å². The van der Waals surface area contributed by atoms with Crippen LogP contribution < -0.4 is 4.74 Å². The average molecular weight is 316 g/mol. The zero-order valence-electron chi connectivity index (χ0n) is 12.7. The molecule has 1 N–H and O–H groups in total. The van der Waals surface area contributed by atoms with E-state index in [0.29, 0.717) is 10.7 Å². The topological polar surface area (TPSA) is 55.2 Å². The van der Waals surface area contributed by atoms with Crippen molar-refractivity contribution in [1.29, 1.82) is 0 Å². The molecule has 1 heterocycles. The van der Waals surface area contributed by atoms with E-state index < -0.39 is 0 Å². The fourth-order valence-electron chi connectivity index (χ4n) is 2.85. The van der Waals surface area contributed by atoms with Crippen molar-refractivity contribution in [2.75, 3.05) is 7.11 Å². The fraction of sp³-hybridized carbons (Fsp3) is 0.438. The van der Waals surface area contributed by atoms with Crippen molar-refractivity contribution in [3.63, 3.8) is 0 Å². The van der Waals surface area contributed by atoms with Crippen molar-refractivity contribution in [2.24, 2.45) is 5.10 Å². The highest BCUT2D eigenvalue weighted by molar-refractivity contribution is 7.71. The molecule has 1 aliphatic carbocycles. The van der Waals surface area contributed by atoms with E-state index in [1.165, 1.54) is 19.3 Å². The molecule has 1 aromatic heterocycles. The predicted octanol–water partition coefficient (Wildman–Crippen LogP) is 3.88. The monoisotopic (exact) mass is 316 g/mol. The molecule has 0 spiro atoms. The zero-order chi connectivity index (χ0) is 15.4. The van der Waals surface area contributed by atoms with Gasteiger partial charge in [-0.1, -0.05) is 19.3 Å². The van der Waals surface area contributed by atoms with E-state index in [0.717, 1.165) is 30.0 Å². The molecular weight excluding hydrogens is 296 g/mol. The Morgan fingerprint density at radius 2 is 2.00 bits per heavy atom. The normalized spacial score (nSPS) is 16.2. The molecule has 0 amide bonds. The molecule has 1 fully saturated rings. The molecule has 22 heavy (non-hydrogen) atoms. The minimum Gasteiger partial charge on any atom is -0.497 e. The van der Waals surface area contributed by atoms with Gasteiger partial charge in [0.25, 0.3) is 0 Å². The van der Waals surface area contributed by atoms with Gasteiger partial charge in [0.05, 0.1) is 13.3 Å². The first-order chi connectivity index (χ1) is 10.8. The van der Waals surface area contributed by atoms with Crippen LogP contribution in [-0.4, -0.2) is 28.2 Å². The lowest BCUT2D eigenvalue weighted by molar-refractivity contribution is 0.415. The molecule has 5 nitrogen and oxygen atoms in total. The number of nitrogens with zero attached hydrogens (tertiary/aromatic N) is 3.